The number of hydrogen-bond acceptors (Lipinski definition) is 4. The monoisotopic (exact) mass is 554 g/mol. The quantitative estimate of drug-likeness (QED) is 0.204. The number of aromatic nitrogens is 5. The van der Waals surface area contributed by atoms with Crippen LogP contribution < -0.4 is 5.73 Å². The molecule has 0 aliphatic heterocycles. The molecule has 3 N–H and O–H groups in total. The lowest BCUT2D eigenvalue weighted by molar-refractivity contribution is 0.1000. The molecule has 0 spiro atoms. The van der Waals surface area contributed by atoms with Gasteiger partial charge in [-0.05, 0) is 59.7 Å². The third-order valence-electron chi connectivity index (χ3n) is 7.94. The van der Waals surface area contributed by atoms with Crippen LogP contribution in [0.1, 0.15) is 62.8 Å². The minimum Gasteiger partial charge on any atom is -0.366 e. The van der Waals surface area contributed by atoms with Crippen molar-refractivity contribution in [1.29, 1.82) is 0 Å². The van der Waals surface area contributed by atoms with E-state index in [2.05, 4.69) is 83.3 Å². The number of H-pyrrole nitrogens is 1. The van der Waals surface area contributed by atoms with Gasteiger partial charge in [0.05, 0.1) is 18.2 Å². The summed E-state index contributed by atoms with van der Waals surface area (Å²) in [4.78, 5) is 20.3. The Morgan fingerprint density at radius 1 is 0.881 bits per heavy atom. The topological polar surface area (TPSA) is 102 Å². The number of hydrogen-bond donors (Lipinski definition) is 2. The summed E-state index contributed by atoms with van der Waals surface area (Å²) in [6.45, 7) is 2.80. The average Bonchev–Trinajstić information content (AvgIpc) is 3.63. The molecular weight excluding hydrogens is 520 g/mol. The maximum atomic E-state index is 12.1. The number of nitrogens with two attached hydrogens (primary N) is 1. The van der Waals surface area contributed by atoms with Gasteiger partial charge in [-0.3, -0.25) is 9.78 Å². The fraction of sp³-hybridized carbons (Fsp3) is 0.200. The normalized spacial score (nSPS) is 12.0. The van der Waals surface area contributed by atoms with Crippen molar-refractivity contribution >= 4 is 16.8 Å². The number of primary amides is 1. The van der Waals surface area contributed by atoms with Gasteiger partial charge in [0, 0.05) is 35.3 Å². The van der Waals surface area contributed by atoms with Gasteiger partial charge in [-0.2, -0.15) is 0 Å². The molecule has 0 saturated heterocycles. The predicted molar refractivity (Wildman–Crippen MR) is 165 cm³/mol. The zero-order valence-electron chi connectivity index (χ0n) is 23.7. The number of aryl methyl sites for hydroxylation is 3. The number of pyridine rings is 1. The second-order valence-corrected chi connectivity index (χ2v) is 10.7. The summed E-state index contributed by atoms with van der Waals surface area (Å²) in [6.07, 6.45) is 6.93. The largest absolute Gasteiger partial charge is 0.366 e. The van der Waals surface area contributed by atoms with Crippen LogP contribution >= 0.6 is 0 Å². The van der Waals surface area contributed by atoms with Crippen molar-refractivity contribution < 1.29 is 4.79 Å². The van der Waals surface area contributed by atoms with E-state index in [9.17, 15) is 4.79 Å². The average molecular weight is 555 g/mol. The van der Waals surface area contributed by atoms with Crippen LogP contribution in [-0.2, 0) is 32.2 Å². The van der Waals surface area contributed by atoms with Gasteiger partial charge in [-0.1, -0.05) is 79.7 Å². The Balaban J connectivity index is 1.45. The highest BCUT2D eigenvalue weighted by Crippen LogP contribution is 2.31. The first-order valence-corrected chi connectivity index (χ1v) is 14.4. The van der Waals surface area contributed by atoms with Crippen molar-refractivity contribution in [1.82, 2.24) is 24.7 Å². The predicted octanol–water partition coefficient (Wildman–Crippen LogP) is 6.02. The highest BCUT2D eigenvalue weighted by Gasteiger charge is 2.26. The summed E-state index contributed by atoms with van der Waals surface area (Å²) in [5, 5.41) is 10.7. The molecule has 210 valence electrons. The lowest BCUT2D eigenvalue weighted by atomic mass is 9.93. The van der Waals surface area contributed by atoms with Crippen LogP contribution in [0.25, 0.3) is 10.9 Å². The Kier molecular flexibility index (Phi) is 7.90. The van der Waals surface area contributed by atoms with Gasteiger partial charge in [0.25, 0.3) is 0 Å². The summed E-state index contributed by atoms with van der Waals surface area (Å²) >= 11 is 0. The molecule has 7 heteroatoms. The van der Waals surface area contributed by atoms with Crippen LogP contribution in [0.2, 0.25) is 0 Å². The van der Waals surface area contributed by atoms with E-state index in [0.29, 0.717) is 18.5 Å². The SMILES string of the molecule is CCc1ccc(Cn2c(CCc3ccccc3)nnc2[C@H](Cc2c[nH]c3ccccc23)c2cc(C(N)=O)ccn2)cc1. The molecule has 3 aromatic heterocycles. The number of fused-ring (bicyclic) bond motifs is 1. The Morgan fingerprint density at radius 2 is 1.64 bits per heavy atom. The van der Waals surface area contributed by atoms with Crippen LogP contribution in [0.15, 0.2) is 103 Å². The highest BCUT2D eigenvalue weighted by molar-refractivity contribution is 5.92. The Hall–Kier alpha value is -5.04. The van der Waals surface area contributed by atoms with E-state index < -0.39 is 5.91 Å². The summed E-state index contributed by atoms with van der Waals surface area (Å²) in [5.41, 5.74) is 12.8. The first-order valence-electron chi connectivity index (χ1n) is 14.4. The lowest BCUT2D eigenvalue weighted by Crippen LogP contribution is -2.18. The summed E-state index contributed by atoms with van der Waals surface area (Å²) in [5.74, 6) is 1.00. The van der Waals surface area contributed by atoms with E-state index >= 15 is 0 Å². The number of nitrogens with one attached hydrogen (secondary N) is 1. The van der Waals surface area contributed by atoms with Gasteiger partial charge >= 0.3 is 0 Å². The molecule has 1 atom stereocenters. The Bertz CT molecular complexity index is 1800. The van der Waals surface area contributed by atoms with E-state index in [0.717, 1.165) is 53.1 Å². The minimum absolute atomic E-state index is 0.253. The minimum atomic E-state index is -0.481. The number of aromatic amines is 1. The van der Waals surface area contributed by atoms with E-state index in [4.69, 9.17) is 20.9 Å². The molecule has 0 saturated carbocycles. The molecule has 0 radical (unpaired) electrons. The summed E-state index contributed by atoms with van der Waals surface area (Å²) in [7, 11) is 0. The van der Waals surface area contributed by atoms with Crippen molar-refractivity contribution in [3.63, 3.8) is 0 Å². The number of amides is 1. The maximum Gasteiger partial charge on any atom is 0.248 e. The maximum absolute atomic E-state index is 12.1. The fourth-order valence-electron chi connectivity index (χ4n) is 5.57. The molecule has 1 amide bonds. The first kappa shape index (κ1) is 27.1. The Labute approximate surface area is 245 Å². The standard InChI is InChI=1S/C35H34N6O/c1-2-24-12-14-26(15-13-24)23-41-33(17-16-25-8-4-3-5-9-25)39-40-35(41)30(32-21-27(34(36)42)18-19-37-32)20-28-22-38-31-11-7-6-10-29(28)31/h3-15,18-19,21-22,30,38H,2,16-17,20,23H2,1H3,(H2,36,42)/t30-/m1/s1. The van der Waals surface area contributed by atoms with Crippen molar-refractivity contribution in [2.24, 2.45) is 5.73 Å². The molecular formula is C35H34N6O. The molecule has 0 aliphatic carbocycles. The van der Waals surface area contributed by atoms with Crippen LogP contribution in [0.3, 0.4) is 0 Å². The number of rotatable bonds is 11. The van der Waals surface area contributed by atoms with E-state index in [1.807, 2.05) is 18.2 Å². The van der Waals surface area contributed by atoms with Gasteiger partial charge in [0.1, 0.15) is 11.6 Å². The number of carbonyl (C=O) groups excluding carboxylic acids is 1. The molecule has 42 heavy (non-hydrogen) atoms. The third-order valence-corrected chi connectivity index (χ3v) is 7.94. The van der Waals surface area contributed by atoms with Gasteiger partial charge < -0.3 is 15.3 Å². The van der Waals surface area contributed by atoms with Gasteiger partial charge in [-0.15, -0.1) is 10.2 Å². The molecule has 0 fully saturated rings. The van der Waals surface area contributed by atoms with E-state index in [1.165, 1.54) is 16.7 Å². The first-order chi connectivity index (χ1) is 20.6. The van der Waals surface area contributed by atoms with Crippen LogP contribution in [0, 0.1) is 0 Å². The van der Waals surface area contributed by atoms with Gasteiger partial charge in [-0.25, -0.2) is 0 Å². The number of benzene rings is 3. The van der Waals surface area contributed by atoms with Crippen LogP contribution in [-0.4, -0.2) is 30.6 Å². The van der Waals surface area contributed by atoms with Crippen molar-refractivity contribution in [2.75, 3.05) is 0 Å². The Morgan fingerprint density at radius 3 is 2.43 bits per heavy atom. The summed E-state index contributed by atoms with van der Waals surface area (Å²) < 4.78 is 2.24. The van der Waals surface area contributed by atoms with Crippen LogP contribution in [0.5, 0.6) is 0 Å². The molecule has 6 rings (SSSR count). The van der Waals surface area contributed by atoms with E-state index in [-0.39, 0.29) is 5.92 Å². The highest BCUT2D eigenvalue weighted by atomic mass is 16.1. The summed E-state index contributed by atoms with van der Waals surface area (Å²) in [6, 6.07) is 30.9. The van der Waals surface area contributed by atoms with Crippen molar-refractivity contribution in [3.8, 4) is 0 Å². The van der Waals surface area contributed by atoms with Crippen LogP contribution in [0.4, 0.5) is 0 Å². The van der Waals surface area contributed by atoms with Gasteiger partial charge in [0.15, 0.2) is 0 Å². The zero-order valence-corrected chi connectivity index (χ0v) is 23.7. The zero-order chi connectivity index (χ0) is 28.9. The molecule has 6 aromatic rings. The van der Waals surface area contributed by atoms with E-state index in [1.54, 1.807) is 18.3 Å². The second kappa shape index (κ2) is 12.2. The molecule has 0 unspecified atom stereocenters. The smallest absolute Gasteiger partial charge is 0.248 e. The second-order valence-electron chi connectivity index (χ2n) is 10.7. The molecule has 0 bridgehead atoms. The fourth-order valence-corrected chi connectivity index (χ4v) is 5.57. The van der Waals surface area contributed by atoms with Crippen molar-refractivity contribution in [3.05, 3.63) is 149 Å². The lowest BCUT2D eigenvalue weighted by Gasteiger charge is -2.19. The number of para-hydroxylation sites is 1. The molecule has 0 aliphatic rings. The molecule has 3 heterocycles. The number of carbonyl (C=O) groups is 1. The molecule has 3 aromatic carbocycles. The van der Waals surface area contributed by atoms with Gasteiger partial charge in [0.2, 0.25) is 5.91 Å². The molecule has 7 nitrogen and oxygen atoms in total. The van der Waals surface area contributed by atoms with Crippen molar-refractivity contribution in [2.45, 2.75) is 45.1 Å². The number of nitrogens with zero attached hydrogens (tertiary/aromatic N) is 4. The third kappa shape index (κ3) is 5.86.